The van der Waals surface area contributed by atoms with Crippen LogP contribution in [0.3, 0.4) is 0 Å². The van der Waals surface area contributed by atoms with E-state index in [2.05, 4.69) is 20.6 Å². The Bertz CT molecular complexity index is 968. The molecule has 0 aliphatic heterocycles. The molecule has 0 radical (unpaired) electrons. The summed E-state index contributed by atoms with van der Waals surface area (Å²) in [4.78, 5) is 12.1. The van der Waals surface area contributed by atoms with Crippen molar-refractivity contribution in [1.82, 2.24) is 25.1 Å². The molecule has 1 aromatic carbocycles. The van der Waals surface area contributed by atoms with Crippen molar-refractivity contribution in [3.63, 3.8) is 0 Å². The predicted molar refractivity (Wildman–Crippen MR) is 101 cm³/mol. The monoisotopic (exact) mass is 383 g/mol. The van der Waals surface area contributed by atoms with Crippen molar-refractivity contribution >= 4 is 11.6 Å². The maximum Gasteiger partial charge on any atom is 0.231 e. The van der Waals surface area contributed by atoms with Gasteiger partial charge in [0.05, 0.1) is 6.54 Å². The van der Waals surface area contributed by atoms with Gasteiger partial charge in [-0.25, -0.2) is 4.39 Å². The third-order valence-electron chi connectivity index (χ3n) is 4.95. The van der Waals surface area contributed by atoms with Gasteiger partial charge in [0.15, 0.2) is 11.5 Å². The zero-order valence-electron chi connectivity index (χ0n) is 15.5. The van der Waals surface area contributed by atoms with Crippen LogP contribution in [0.1, 0.15) is 32.1 Å². The van der Waals surface area contributed by atoms with Gasteiger partial charge in [-0.2, -0.15) is 4.52 Å². The van der Waals surface area contributed by atoms with Gasteiger partial charge in [0.25, 0.3) is 0 Å². The number of hydrogen-bond acceptors (Lipinski definition) is 5. The lowest BCUT2D eigenvalue weighted by atomic mass is 9.89. The number of rotatable bonds is 6. The quantitative estimate of drug-likeness (QED) is 0.662. The summed E-state index contributed by atoms with van der Waals surface area (Å²) < 4.78 is 20.7. The molecule has 146 valence electrons. The van der Waals surface area contributed by atoms with Crippen LogP contribution in [0, 0.1) is 11.7 Å². The van der Waals surface area contributed by atoms with Crippen LogP contribution >= 0.6 is 0 Å². The molecule has 1 fully saturated rings. The van der Waals surface area contributed by atoms with Crippen LogP contribution in [0.15, 0.2) is 36.4 Å². The van der Waals surface area contributed by atoms with Crippen LogP contribution in [0.5, 0.6) is 5.88 Å². The van der Waals surface area contributed by atoms with E-state index in [-0.39, 0.29) is 17.6 Å². The molecule has 0 spiro atoms. The van der Waals surface area contributed by atoms with E-state index in [1.54, 1.807) is 24.3 Å². The number of carbonyl (C=O) groups is 1. The standard InChI is InChI=1S/C20H22FN5O2/c21-16-8-4-7-15(13-16)19-24-23-17-9-10-18(25-26(17)19)28-12-11-22-20(27)14-5-2-1-3-6-14/h4,7-10,13-14H,1-3,5-6,11-12H2,(H,22,27). The van der Waals surface area contributed by atoms with Gasteiger partial charge in [-0.1, -0.05) is 31.4 Å². The van der Waals surface area contributed by atoms with Crippen molar-refractivity contribution in [2.45, 2.75) is 32.1 Å². The lowest BCUT2D eigenvalue weighted by Gasteiger charge is -2.20. The van der Waals surface area contributed by atoms with E-state index >= 15 is 0 Å². The average molecular weight is 383 g/mol. The van der Waals surface area contributed by atoms with Crippen LogP contribution < -0.4 is 10.1 Å². The van der Waals surface area contributed by atoms with E-state index in [1.165, 1.54) is 23.1 Å². The van der Waals surface area contributed by atoms with Crippen molar-refractivity contribution in [2.75, 3.05) is 13.2 Å². The molecule has 8 heteroatoms. The Labute approximate surface area is 161 Å². The first-order valence-corrected chi connectivity index (χ1v) is 9.59. The van der Waals surface area contributed by atoms with E-state index in [1.807, 2.05) is 0 Å². The second-order valence-electron chi connectivity index (χ2n) is 6.95. The summed E-state index contributed by atoms with van der Waals surface area (Å²) in [5.74, 6) is 0.714. The van der Waals surface area contributed by atoms with Crippen molar-refractivity contribution < 1.29 is 13.9 Å². The molecule has 1 saturated carbocycles. The van der Waals surface area contributed by atoms with Crippen LogP contribution in [0.25, 0.3) is 17.0 Å². The molecule has 28 heavy (non-hydrogen) atoms. The topological polar surface area (TPSA) is 81.4 Å². The SMILES string of the molecule is O=C(NCCOc1ccc2nnc(-c3cccc(F)c3)n2n1)C1CCCCC1. The molecule has 7 nitrogen and oxygen atoms in total. The molecule has 2 heterocycles. The lowest BCUT2D eigenvalue weighted by Crippen LogP contribution is -2.34. The molecular formula is C20H22FN5O2. The highest BCUT2D eigenvalue weighted by molar-refractivity contribution is 5.78. The number of aromatic nitrogens is 4. The first-order valence-electron chi connectivity index (χ1n) is 9.59. The molecule has 1 N–H and O–H groups in total. The predicted octanol–water partition coefficient (Wildman–Crippen LogP) is 3.01. The molecule has 0 saturated heterocycles. The van der Waals surface area contributed by atoms with E-state index in [0.717, 1.165) is 25.7 Å². The minimum Gasteiger partial charge on any atom is -0.475 e. The Hall–Kier alpha value is -3.03. The van der Waals surface area contributed by atoms with E-state index < -0.39 is 0 Å². The summed E-state index contributed by atoms with van der Waals surface area (Å²) >= 11 is 0. The summed E-state index contributed by atoms with van der Waals surface area (Å²) in [6.07, 6.45) is 5.43. The fraction of sp³-hybridized carbons (Fsp3) is 0.400. The fourth-order valence-electron chi connectivity index (χ4n) is 3.50. The Morgan fingerprint density at radius 2 is 2.04 bits per heavy atom. The second-order valence-corrected chi connectivity index (χ2v) is 6.95. The summed E-state index contributed by atoms with van der Waals surface area (Å²) in [6.45, 7) is 0.738. The number of hydrogen-bond donors (Lipinski definition) is 1. The third kappa shape index (κ3) is 4.11. The molecule has 0 unspecified atom stereocenters. The zero-order valence-corrected chi connectivity index (χ0v) is 15.5. The van der Waals surface area contributed by atoms with Crippen LogP contribution in [0.2, 0.25) is 0 Å². The molecule has 3 aromatic rings. The summed E-state index contributed by atoms with van der Waals surface area (Å²) in [6, 6.07) is 9.54. The number of benzene rings is 1. The van der Waals surface area contributed by atoms with E-state index in [4.69, 9.17) is 4.74 Å². The first kappa shape index (κ1) is 18.3. The van der Waals surface area contributed by atoms with Crippen molar-refractivity contribution in [3.05, 3.63) is 42.2 Å². The van der Waals surface area contributed by atoms with Gasteiger partial charge >= 0.3 is 0 Å². The smallest absolute Gasteiger partial charge is 0.231 e. The Kier molecular flexibility index (Phi) is 5.45. The molecule has 1 amide bonds. The minimum atomic E-state index is -0.352. The van der Waals surface area contributed by atoms with Gasteiger partial charge in [0, 0.05) is 17.5 Å². The number of fused-ring (bicyclic) bond motifs is 1. The van der Waals surface area contributed by atoms with Crippen molar-refractivity contribution in [3.8, 4) is 17.3 Å². The Morgan fingerprint density at radius 3 is 2.86 bits per heavy atom. The number of nitrogens with one attached hydrogen (secondary N) is 1. The van der Waals surface area contributed by atoms with Crippen molar-refractivity contribution in [1.29, 1.82) is 0 Å². The molecule has 4 rings (SSSR count). The molecule has 2 aromatic heterocycles. The number of carbonyl (C=O) groups excluding carboxylic acids is 1. The number of ether oxygens (including phenoxy) is 1. The molecule has 0 bridgehead atoms. The normalized spacial score (nSPS) is 14.9. The van der Waals surface area contributed by atoms with Crippen molar-refractivity contribution in [2.24, 2.45) is 5.92 Å². The highest BCUT2D eigenvalue weighted by atomic mass is 19.1. The summed E-state index contributed by atoms with van der Waals surface area (Å²) in [7, 11) is 0. The highest BCUT2D eigenvalue weighted by Crippen LogP contribution is 2.23. The van der Waals surface area contributed by atoms with Gasteiger partial charge in [-0.3, -0.25) is 4.79 Å². The van der Waals surface area contributed by atoms with Gasteiger partial charge in [0.2, 0.25) is 11.8 Å². The van der Waals surface area contributed by atoms with Gasteiger partial charge in [-0.15, -0.1) is 15.3 Å². The summed E-state index contributed by atoms with van der Waals surface area (Å²) in [5, 5.41) is 15.5. The maximum absolute atomic E-state index is 13.5. The fourth-order valence-corrected chi connectivity index (χ4v) is 3.50. The lowest BCUT2D eigenvalue weighted by molar-refractivity contribution is -0.126. The summed E-state index contributed by atoms with van der Waals surface area (Å²) in [5.41, 5.74) is 1.12. The van der Waals surface area contributed by atoms with Crippen LogP contribution in [-0.2, 0) is 4.79 Å². The molecule has 1 aliphatic rings. The van der Waals surface area contributed by atoms with Crippen LogP contribution in [-0.4, -0.2) is 38.9 Å². The second kappa shape index (κ2) is 8.33. The first-order chi connectivity index (χ1) is 13.7. The van der Waals surface area contributed by atoms with Gasteiger partial charge in [-0.05, 0) is 31.0 Å². The van der Waals surface area contributed by atoms with Crippen LogP contribution in [0.4, 0.5) is 4.39 Å². The van der Waals surface area contributed by atoms with E-state index in [0.29, 0.717) is 36.1 Å². The number of nitrogens with zero attached hydrogens (tertiary/aromatic N) is 4. The maximum atomic E-state index is 13.5. The van der Waals surface area contributed by atoms with Gasteiger partial charge in [0.1, 0.15) is 12.4 Å². The van der Waals surface area contributed by atoms with E-state index in [9.17, 15) is 9.18 Å². The average Bonchev–Trinajstić information content (AvgIpc) is 3.15. The molecule has 1 aliphatic carbocycles. The molecular weight excluding hydrogens is 361 g/mol. The largest absolute Gasteiger partial charge is 0.475 e. The minimum absolute atomic E-state index is 0.110. The molecule has 0 atom stereocenters. The number of amides is 1. The zero-order chi connectivity index (χ0) is 19.3. The van der Waals surface area contributed by atoms with Gasteiger partial charge < -0.3 is 10.1 Å². The Balaban J connectivity index is 1.38. The third-order valence-corrected chi connectivity index (χ3v) is 4.95. The number of halogens is 1. The highest BCUT2D eigenvalue weighted by Gasteiger charge is 2.20. The Morgan fingerprint density at radius 1 is 1.18 bits per heavy atom.